The molecule has 0 aliphatic heterocycles. The maximum absolute atomic E-state index is 5.20. The molecule has 1 N–H and O–H groups in total. The van der Waals surface area contributed by atoms with E-state index in [0.29, 0.717) is 6.54 Å². The summed E-state index contributed by atoms with van der Waals surface area (Å²) in [7, 11) is 8.42. The Morgan fingerprint density at radius 2 is 1.92 bits per heavy atom. The van der Waals surface area contributed by atoms with Gasteiger partial charge in [0.2, 0.25) is 0 Å². The fourth-order valence-electron chi connectivity index (χ4n) is 1.11. The molecular weight excluding hydrogens is 166 g/mol. The number of hydrogen-bond donors (Lipinski definition) is 1. The third-order valence-corrected chi connectivity index (χ3v) is 1.75. The quantitative estimate of drug-likeness (QED) is 0.710. The Kier molecular flexibility index (Phi) is 3.58. The van der Waals surface area contributed by atoms with Gasteiger partial charge in [0, 0.05) is 13.6 Å². The molecule has 70 valence electrons. The fraction of sp³-hybridized carbons (Fsp3) is 0.300. The van der Waals surface area contributed by atoms with Crippen LogP contribution < -0.4 is 14.8 Å². The summed E-state index contributed by atoms with van der Waals surface area (Å²) in [5.41, 5.74) is 1.06. The second kappa shape index (κ2) is 4.72. The molecule has 3 nitrogen and oxygen atoms in total. The lowest BCUT2D eigenvalue weighted by Gasteiger charge is -2.08. The molecule has 0 saturated heterocycles. The molecule has 0 saturated carbocycles. The Morgan fingerprint density at radius 1 is 1.23 bits per heavy atom. The predicted molar refractivity (Wildman–Crippen MR) is 50.7 cm³/mol. The molecule has 1 rings (SSSR count). The van der Waals surface area contributed by atoms with Gasteiger partial charge in [-0.25, -0.2) is 0 Å². The average Bonchev–Trinajstić information content (AvgIpc) is 2.18. The highest BCUT2D eigenvalue weighted by atomic mass is 16.5. The van der Waals surface area contributed by atoms with E-state index in [1.165, 1.54) is 0 Å². The van der Waals surface area contributed by atoms with Crippen molar-refractivity contribution in [3.05, 3.63) is 30.8 Å². The molecule has 0 bridgehead atoms. The summed E-state index contributed by atoms with van der Waals surface area (Å²) in [5, 5.41) is 2.58. The van der Waals surface area contributed by atoms with Gasteiger partial charge in [0.25, 0.3) is 0 Å². The summed E-state index contributed by atoms with van der Waals surface area (Å²) < 4.78 is 10.2. The minimum atomic E-state index is 0.611. The van der Waals surface area contributed by atoms with E-state index in [-0.39, 0.29) is 0 Å². The lowest BCUT2D eigenvalue weighted by molar-refractivity contribution is 0.354. The normalized spacial score (nSPS) is 9.77. The van der Waals surface area contributed by atoms with Crippen LogP contribution in [0, 0.1) is 7.05 Å². The molecule has 0 aliphatic carbocycles. The minimum absolute atomic E-state index is 0.611. The van der Waals surface area contributed by atoms with Crippen molar-refractivity contribution in [3.8, 4) is 11.5 Å². The van der Waals surface area contributed by atoms with E-state index in [1.54, 1.807) is 14.2 Å². The summed E-state index contributed by atoms with van der Waals surface area (Å²) in [6, 6.07) is 5.67. The molecule has 3 heteroatoms. The van der Waals surface area contributed by atoms with Crippen LogP contribution in [0.1, 0.15) is 5.56 Å². The molecular formula is C10H13NO2. The van der Waals surface area contributed by atoms with Crippen LogP contribution in [0.25, 0.3) is 0 Å². The lowest BCUT2D eigenvalue weighted by atomic mass is 10.2. The molecule has 2 radical (unpaired) electrons. The maximum atomic E-state index is 5.20. The van der Waals surface area contributed by atoms with Crippen LogP contribution >= 0.6 is 0 Å². The van der Waals surface area contributed by atoms with Gasteiger partial charge in [-0.2, -0.15) is 0 Å². The SMILES string of the molecule is [CH]NCc1ccc(OC)c(OC)c1. The lowest BCUT2D eigenvalue weighted by Crippen LogP contribution is -2.02. The average molecular weight is 179 g/mol. The molecule has 13 heavy (non-hydrogen) atoms. The van der Waals surface area contributed by atoms with E-state index in [9.17, 15) is 0 Å². The van der Waals surface area contributed by atoms with E-state index in [1.807, 2.05) is 18.2 Å². The van der Waals surface area contributed by atoms with E-state index in [2.05, 4.69) is 5.32 Å². The summed E-state index contributed by atoms with van der Waals surface area (Å²) in [5.74, 6) is 1.44. The Hall–Kier alpha value is -1.22. The second-order valence-electron chi connectivity index (χ2n) is 2.57. The first-order chi connectivity index (χ1) is 6.31. The topological polar surface area (TPSA) is 30.5 Å². The van der Waals surface area contributed by atoms with Gasteiger partial charge >= 0.3 is 0 Å². The van der Waals surface area contributed by atoms with Gasteiger partial charge in [-0.15, -0.1) is 0 Å². The van der Waals surface area contributed by atoms with E-state index in [0.717, 1.165) is 17.1 Å². The first-order valence-electron chi connectivity index (χ1n) is 3.96. The van der Waals surface area contributed by atoms with Crippen LogP contribution in [-0.4, -0.2) is 14.2 Å². The van der Waals surface area contributed by atoms with Crippen molar-refractivity contribution in [1.82, 2.24) is 5.32 Å². The maximum Gasteiger partial charge on any atom is 0.161 e. The number of benzene rings is 1. The molecule has 0 aromatic heterocycles. The smallest absolute Gasteiger partial charge is 0.161 e. The zero-order valence-corrected chi connectivity index (χ0v) is 7.83. The van der Waals surface area contributed by atoms with Gasteiger partial charge in [-0.1, -0.05) is 6.07 Å². The van der Waals surface area contributed by atoms with Crippen LogP contribution in [0.3, 0.4) is 0 Å². The molecule has 0 atom stereocenters. The molecule has 0 aliphatic rings. The molecule has 0 amide bonds. The van der Waals surface area contributed by atoms with Gasteiger partial charge in [0.15, 0.2) is 11.5 Å². The second-order valence-corrected chi connectivity index (χ2v) is 2.57. The van der Waals surface area contributed by atoms with Gasteiger partial charge in [-0.3, -0.25) is 0 Å². The zero-order valence-electron chi connectivity index (χ0n) is 7.83. The Labute approximate surface area is 78.7 Å². The van der Waals surface area contributed by atoms with Crippen molar-refractivity contribution in [3.63, 3.8) is 0 Å². The van der Waals surface area contributed by atoms with Gasteiger partial charge in [0.05, 0.1) is 14.2 Å². The number of methoxy groups -OCH3 is 2. The Bertz CT molecular complexity index is 274. The van der Waals surface area contributed by atoms with Crippen molar-refractivity contribution in [2.24, 2.45) is 0 Å². The Balaban J connectivity index is 2.91. The van der Waals surface area contributed by atoms with E-state index < -0.39 is 0 Å². The summed E-state index contributed by atoms with van der Waals surface area (Å²) in [6.45, 7) is 0.611. The highest BCUT2D eigenvalue weighted by Gasteiger charge is 2.03. The molecule has 1 aromatic carbocycles. The van der Waals surface area contributed by atoms with Crippen molar-refractivity contribution in [1.29, 1.82) is 0 Å². The molecule has 0 unspecified atom stereocenters. The molecule has 1 aromatic rings. The summed E-state index contributed by atoms with van der Waals surface area (Å²) >= 11 is 0. The van der Waals surface area contributed by atoms with Gasteiger partial charge < -0.3 is 14.8 Å². The van der Waals surface area contributed by atoms with E-state index >= 15 is 0 Å². The van der Waals surface area contributed by atoms with Crippen LogP contribution in [0.4, 0.5) is 0 Å². The third kappa shape index (κ3) is 2.36. The van der Waals surface area contributed by atoms with Crippen molar-refractivity contribution in [2.75, 3.05) is 14.2 Å². The molecule has 0 fully saturated rings. The highest BCUT2D eigenvalue weighted by molar-refractivity contribution is 5.42. The van der Waals surface area contributed by atoms with E-state index in [4.69, 9.17) is 16.5 Å². The van der Waals surface area contributed by atoms with Crippen molar-refractivity contribution >= 4 is 0 Å². The fourth-order valence-corrected chi connectivity index (χ4v) is 1.11. The van der Waals surface area contributed by atoms with Gasteiger partial charge in [-0.05, 0) is 17.7 Å². The number of nitrogens with one attached hydrogen (secondary N) is 1. The predicted octanol–water partition coefficient (Wildman–Crippen LogP) is 1.46. The number of ether oxygens (including phenoxy) is 2. The van der Waals surface area contributed by atoms with Gasteiger partial charge in [0.1, 0.15) is 0 Å². The first kappa shape index (κ1) is 9.86. The summed E-state index contributed by atoms with van der Waals surface area (Å²) in [6.07, 6.45) is 0. The van der Waals surface area contributed by atoms with Crippen LogP contribution in [0.2, 0.25) is 0 Å². The summed E-state index contributed by atoms with van der Waals surface area (Å²) in [4.78, 5) is 0. The highest BCUT2D eigenvalue weighted by Crippen LogP contribution is 2.27. The Morgan fingerprint density at radius 3 is 2.46 bits per heavy atom. The first-order valence-corrected chi connectivity index (χ1v) is 3.96. The number of hydrogen-bond acceptors (Lipinski definition) is 3. The standard InChI is InChI=1S/C10H13NO2/c1-11-7-8-4-5-9(12-2)10(6-8)13-3/h1,4-6,11H,7H2,2-3H3. The largest absolute Gasteiger partial charge is 0.493 e. The molecule has 0 spiro atoms. The van der Waals surface area contributed by atoms with Crippen LogP contribution in [0.15, 0.2) is 18.2 Å². The monoisotopic (exact) mass is 179 g/mol. The number of rotatable bonds is 4. The van der Waals surface area contributed by atoms with Crippen LogP contribution in [-0.2, 0) is 6.54 Å². The zero-order chi connectivity index (χ0) is 9.68. The molecule has 0 heterocycles. The van der Waals surface area contributed by atoms with Crippen LogP contribution in [0.5, 0.6) is 11.5 Å². The third-order valence-electron chi connectivity index (χ3n) is 1.75. The van der Waals surface area contributed by atoms with Crippen molar-refractivity contribution < 1.29 is 9.47 Å². The van der Waals surface area contributed by atoms with Crippen molar-refractivity contribution in [2.45, 2.75) is 6.54 Å². The minimum Gasteiger partial charge on any atom is -0.493 e.